The summed E-state index contributed by atoms with van der Waals surface area (Å²) in [4.78, 5) is 11.4. The van der Waals surface area contributed by atoms with Gasteiger partial charge in [0.05, 0.1) is 0 Å². The fourth-order valence-corrected chi connectivity index (χ4v) is 1.67. The predicted octanol–water partition coefficient (Wildman–Crippen LogP) is 3.44. The van der Waals surface area contributed by atoms with E-state index in [-0.39, 0.29) is 10.7 Å². The van der Waals surface area contributed by atoms with E-state index < -0.39 is 18.7 Å². The maximum atomic E-state index is 12.4. The molecule has 0 aliphatic heterocycles. The molecule has 0 saturated carbocycles. The molecule has 0 fully saturated rings. The van der Waals surface area contributed by atoms with Gasteiger partial charge in [0, 0.05) is 23.8 Å². The van der Waals surface area contributed by atoms with E-state index in [2.05, 4.69) is 0 Å². The van der Waals surface area contributed by atoms with Crippen LogP contribution in [-0.4, -0.2) is 30.8 Å². The third-order valence-corrected chi connectivity index (χ3v) is 2.46. The third-order valence-electron chi connectivity index (χ3n) is 2.23. The van der Waals surface area contributed by atoms with Gasteiger partial charge in [-0.25, -0.2) is 4.79 Å². The number of anilines is 1. The van der Waals surface area contributed by atoms with Crippen LogP contribution in [-0.2, 0) is 4.79 Å². The number of hydrogen-bond donors (Lipinski definition) is 1. The Hall–Kier alpha value is -1.69. The highest BCUT2D eigenvalue weighted by atomic mass is 35.5. The third kappa shape index (κ3) is 5.21. The van der Waals surface area contributed by atoms with Gasteiger partial charge in [0.2, 0.25) is 0 Å². The summed E-state index contributed by atoms with van der Waals surface area (Å²) in [6.45, 7) is -1.15. The van der Waals surface area contributed by atoms with Crippen LogP contribution in [0.3, 0.4) is 0 Å². The average molecular weight is 294 g/mol. The lowest BCUT2D eigenvalue weighted by molar-refractivity contribution is -0.131. The lowest BCUT2D eigenvalue weighted by atomic mass is 10.1. The van der Waals surface area contributed by atoms with Crippen LogP contribution in [0, 0.1) is 0 Å². The summed E-state index contributed by atoms with van der Waals surface area (Å²) >= 11 is 5.75. The van der Waals surface area contributed by atoms with Gasteiger partial charge >= 0.3 is 12.1 Å². The van der Waals surface area contributed by atoms with Crippen molar-refractivity contribution in [2.45, 2.75) is 6.18 Å². The quantitative estimate of drug-likeness (QED) is 0.865. The fourth-order valence-electron chi connectivity index (χ4n) is 1.50. The summed E-state index contributed by atoms with van der Waals surface area (Å²) < 4.78 is 37.1. The zero-order chi connectivity index (χ0) is 14.6. The molecule has 0 amide bonds. The second-order valence-electron chi connectivity index (χ2n) is 3.85. The molecule has 0 aromatic heterocycles. The van der Waals surface area contributed by atoms with E-state index in [4.69, 9.17) is 16.7 Å². The standard InChI is InChI=1S/C12H11ClF3NO2/c1-17(7-12(14,15)16)10-6-9(13)4-2-8(10)3-5-11(18)19/h2-6H,7H2,1H3,(H,18,19)/b5-3+. The van der Waals surface area contributed by atoms with E-state index >= 15 is 0 Å². The Labute approximate surface area is 112 Å². The smallest absolute Gasteiger partial charge is 0.405 e. The molecule has 104 valence electrons. The first-order valence-corrected chi connectivity index (χ1v) is 5.55. The van der Waals surface area contributed by atoms with E-state index in [0.29, 0.717) is 5.56 Å². The molecule has 3 nitrogen and oxygen atoms in total. The summed E-state index contributed by atoms with van der Waals surface area (Å²) in [6, 6.07) is 4.30. The lowest BCUT2D eigenvalue weighted by Crippen LogP contribution is -2.31. The van der Waals surface area contributed by atoms with E-state index in [0.717, 1.165) is 11.0 Å². The first-order chi connectivity index (χ1) is 8.69. The normalized spacial score (nSPS) is 11.8. The van der Waals surface area contributed by atoms with Gasteiger partial charge in [-0.05, 0) is 23.8 Å². The van der Waals surface area contributed by atoms with Gasteiger partial charge in [-0.3, -0.25) is 0 Å². The van der Waals surface area contributed by atoms with Crippen molar-refractivity contribution in [3.05, 3.63) is 34.9 Å². The van der Waals surface area contributed by atoms with Gasteiger partial charge in [0.25, 0.3) is 0 Å². The molecule has 0 heterocycles. The topological polar surface area (TPSA) is 40.5 Å². The maximum Gasteiger partial charge on any atom is 0.405 e. The minimum atomic E-state index is -4.36. The Kier molecular flexibility index (Phi) is 4.83. The van der Waals surface area contributed by atoms with Crippen molar-refractivity contribution in [3.8, 4) is 0 Å². The Balaban J connectivity index is 3.09. The van der Waals surface area contributed by atoms with Crippen molar-refractivity contribution in [3.63, 3.8) is 0 Å². The number of rotatable bonds is 4. The molecule has 19 heavy (non-hydrogen) atoms. The fraction of sp³-hybridized carbons (Fsp3) is 0.250. The van der Waals surface area contributed by atoms with Crippen molar-refractivity contribution in [2.24, 2.45) is 0 Å². The Morgan fingerprint density at radius 1 is 1.47 bits per heavy atom. The zero-order valence-corrected chi connectivity index (χ0v) is 10.7. The first-order valence-electron chi connectivity index (χ1n) is 5.17. The Morgan fingerprint density at radius 2 is 2.11 bits per heavy atom. The number of aliphatic carboxylic acids is 1. The zero-order valence-electron chi connectivity index (χ0n) is 9.91. The largest absolute Gasteiger partial charge is 0.478 e. The number of carboxylic acid groups (broad SMARTS) is 1. The monoisotopic (exact) mass is 293 g/mol. The summed E-state index contributed by atoms with van der Waals surface area (Å²) in [5.41, 5.74) is 0.556. The van der Waals surface area contributed by atoms with Gasteiger partial charge in [-0.2, -0.15) is 13.2 Å². The maximum absolute atomic E-state index is 12.4. The molecule has 1 aromatic rings. The first kappa shape index (κ1) is 15.4. The highest BCUT2D eigenvalue weighted by Crippen LogP contribution is 2.28. The van der Waals surface area contributed by atoms with Gasteiger partial charge in [0.15, 0.2) is 0 Å². The lowest BCUT2D eigenvalue weighted by Gasteiger charge is -2.23. The van der Waals surface area contributed by atoms with E-state index in [1.807, 2.05) is 0 Å². The van der Waals surface area contributed by atoms with Crippen LogP contribution in [0.15, 0.2) is 24.3 Å². The molecule has 0 bridgehead atoms. The van der Waals surface area contributed by atoms with Crippen molar-refractivity contribution in [2.75, 3.05) is 18.5 Å². The van der Waals surface area contributed by atoms with Crippen molar-refractivity contribution >= 4 is 29.3 Å². The van der Waals surface area contributed by atoms with Gasteiger partial charge in [0.1, 0.15) is 6.54 Å². The molecule has 0 unspecified atom stereocenters. The molecule has 0 aliphatic rings. The number of carbonyl (C=O) groups is 1. The van der Waals surface area contributed by atoms with Crippen molar-refractivity contribution < 1.29 is 23.1 Å². The highest BCUT2D eigenvalue weighted by Gasteiger charge is 2.29. The van der Waals surface area contributed by atoms with Crippen LogP contribution in [0.2, 0.25) is 5.02 Å². The van der Waals surface area contributed by atoms with Gasteiger partial charge < -0.3 is 10.0 Å². The van der Waals surface area contributed by atoms with Crippen molar-refractivity contribution in [1.82, 2.24) is 0 Å². The van der Waals surface area contributed by atoms with Crippen LogP contribution in [0.25, 0.3) is 6.08 Å². The molecular formula is C12H11ClF3NO2. The SMILES string of the molecule is CN(CC(F)(F)F)c1cc(Cl)ccc1/C=C/C(=O)O. The molecule has 0 saturated heterocycles. The van der Waals surface area contributed by atoms with E-state index in [9.17, 15) is 18.0 Å². The van der Waals surface area contributed by atoms with E-state index in [1.165, 1.54) is 31.3 Å². The van der Waals surface area contributed by atoms with Crippen LogP contribution in [0.4, 0.5) is 18.9 Å². The summed E-state index contributed by atoms with van der Waals surface area (Å²) in [5.74, 6) is -1.18. The van der Waals surface area contributed by atoms with Crippen molar-refractivity contribution in [1.29, 1.82) is 0 Å². The Bertz CT molecular complexity index is 500. The van der Waals surface area contributed by atoms with Gasteiger partial charge in [-0.15, -0.1) is 0 Å². The minimum Gasteiger partial charge on any atom is -0.478 e. The number of benzene rings is 1. The number of carboxylic acids is 1. The number of hydrogen-bond acceptors (Lipinski definition) is 2. The second-order valence-corrected chi connectivity index (χ2v) is 4.28. The average Bonchev–Trinajstić information content (AvgIpc) is 2.24. The van der Waals surface area contributed by atoms with Crippen LogP contribution in [0.5, 0.6) is 0 Å². The molecule has 1 aromatic carbocycles. The molecule has 7 heteroatoms. The minimum absolute atomic E-state index is 0.210. The highest BCUT2D eigenvalue weighted by molar-refractivity contribution is 6.31. The van der Waals surface area contributed by atoms with E-state index in [1.54, 1.807) is 0 Å². The molecule has 0 radical (unpaired) electrons. The predicted molar refractivity (Wildman–Crippen MR) is 67.4 cm³/mol. The Morgan fingerprint density at radius 3 is 2.63 bits per heavy atom. The molecule has 1 N–H and O–H groups in total. The van der Waals surface area contributed by atoms with Crippen LogP contribution >= 0.6 is 11.6 Å². The molecular weight excluding hydrogens is 283 g/mol. The number of nitrogens with zero attached hydrogens (tertiary/aromatic N) is 1. The summed E-state index contributed by atoms with van der Waals surface area (Å²) in [7, 11) is 1.26. The van der Waals surface area contributed by atoms with Crippen LogP contribution < -0.4 is 4.90 Å². The molecule has 0 aliphatic carbocycles. The molecule has 1 rings (SSSR count). The number of alkyl halides is 3. The molecule has 0 atom stereocenters. The molecule has 0 spiro atoms. The van der Waals surface area contributed by atoms with Gasteiger partial charge in [-0.1, -0.05) is 17.7 Å². The summed E-state index contributed by atoms with van der Waals surface area (Å²) in [6.07, 6.45) is -2.28. The van der Waals surface area contributed by atoms with Crippen LogP contribution in [0.1, 0.15) is 5.56 Å². The summed E-state index contributed by atoms with van der Waals surface area (Å²) in [5, 5.41) is 8.81. The number of halogens is 4. The second kappa shape index (κ2) is 5.97.